The standard InChI is InChI=1S/C23H26N2O4/c1-4-28-20-11-5-17(6-12-20)16(2)25-22(26)13-14-23-24-15-21(29-23)18-7-9-19(27-3)10-8-18/h5-12,15-16H,4,13-14H2,1-3H3,(H,25,26). The zero-order valence-corrected chi connectivity index (χ0v) is 17.0. The Labute approximate surface area is 170 Å². The summed E-state index contributed by atoms with van der Waals surface area (Å²) in [7, 11) is 1.63. The molecule has 0 bridgehead atoms. The van der Waals surface area contributed by atoms with Gasteiger partial charge in [0.15, 0.2) is 11.7 Å². The molecule has 0 radical (unpaired) electrons. The Morgan fingerprint density at radius 2 is 1.79 bits per heavy atom. The maximum absolute atomic E-state index is 12.3. The highest BCUT2D eigenvalue weighted by Gasteiger charge is 2.12. The minimum Gasteiger partial charge on any atom is -0.497 e. The second kappa shape index (κ2) is 9.78. The van der Waals surface area contributed by atoms with Crippen LogP contribution in [-0.4, -0.2) is 24.6 Å². The summed E-state index contributed by atoms with van der Waals surface area (Å²) >= 11 is 0. The summed E-state index contributed by atoms with van der Waals surface area (Å²) in [6, 6.07) is 15.2. The van der Waals surface area contributed by atoms with Crippen LogP contribution >= 0.6 is 0 Å². The molecule has 1 unspecified atom stereocenters. The van der Waals surface area contributed by atoms with Crippen molar-refractivity contribution in [3.05, 3.63) is 66.2 Å². The van der Waals surface area contributed by atoms with Crippen LogP contribution < -0.4 is 14.8 Å². The molecule has 1 aromatic heterocycles. The smallest absolute Gasteiger partial charge is 0.220 e. The molecule has 0 aliphatic heterocycles. The molecule has 3 aromatic rings. The predicted octanol–water partition coefficient (Wildman–Crippen LogP) is 4.56. The van der Waals surface area contributed by atoms with Gasteiger partial charge in [0.25, 0.3) is 0 Å². The van der Waals surface area contributed by atoms with Crippen LogP contribution in [0.25, 0.3) is 11.3 Å². The molecule has 0 saturated carbocycles. The van der Waals surface area contributed by atoms with Crippen LogP contribution in [0.3, 0.4) is 0 Å². The third-order valence-corrected chi connectivity index (χ3v) is 4.56. The van der Waals surface area contributed by atoms with Crippen molar-refractivity contribution in [1.82, 2.24) is 10.3 Å². The van der Waals surface area contributed by atoms with E-state index in [1.807, 2.05) is 62.4 Å². The molecule has 6 nitrogen and oxygen atoms in total. The van der Waals surface area contributed by atoms with Crippen molar-refractivity contribution in [2.45, 2.75) is 32.7 Å². The largest absolute Gasteiger partial charge is 0.497 e. The first kappa shape index (κ1) is 20.5. The highest BCUT2D eigenvalue weighted by atomic mass is 16.5. The summed E-state index contributed by atoms with van der Waals surface area (Å²) in [6.45, 7) is 4.54. The van der Waals surface area contributed by atoms with Crippen LogP contribution in [0.15, 0.2) is 59.1 Å². The van der Waals surface area contributed by atoms with Gasteiger partial charge in [-0.1, -0.05) is 12.1 Å². The maximum Gasteiger partial charge on any atom is 0.220 e. The zero-order valence-electron chi connectivity index (χ0n) is 17.0. The number of methoxy groups -OCH3 is 1. The first-order valence-electron chi connectivity index (χ1n) is 9.70. The number of nitrogens with one attached hydrogen (secondary N) is 1. The van der Waals surface area contributed by atoms with E-state index in [4.69, 9.17) is 13.9 Å². The van der Waals surface area contributed by atoms with Crippen molar-refractivity contribution in [2.75, 3.05) is 13.7 Å². The van der Waals surface area contributed by atoms with Gasteiger partial charge in [0, 0.05) is 18.4 Å². The number of carbonyl (C=O) groups is 1. The van der Waals surface area contributed by atoms with Crippen molar-refractivity contribution >= 4 is 5.91 Å². The monoisotopic (exact) mass is 394 g/mol. The molecular weight excluding hydrogens is 368 g/mol. The third kappa shape index (κ3) is 5.60. The second-order valence-electron chi connectivity index (χ2n) is 6.64. The third-order valence-electron chi connectivity index (χ3n) is 4.56. The molecule has 152 valence electrons. The molecule has 6 heteroatoms. The number of benzene rings is 2. The first-order valence-corrected chi connectivity index (χ1v) is 9.70. The van der Waals surface area contributed by atoms with Crippen LogP contribution in [0.4, 0.5) is 0 Å². The number of oxazole rings is 1. The van der Waals surface area contributed by atoms with E-state index in [1.165, 1.54) is 0 Å². The average Bonchev–Trinajstić information content (AvgIpc) is 3.22. The molecule has 0 fully saturated rings. The number of carbonyl (C=O) groups excluding carboxylic acids is 1. The highest BCUT2D eigenvalue weighted by molar-refractivity contribution is 5.76. The summed E-state index contributed by atoms with van der Waals surface area (Å²) < 4.78 is 16.4. The fourth-order valence-electron chi connectivity index (χ4n) is 2.95. The molecule has 1 amide bonds. The van der Waals surface area contributed by atoms with Crippen LogP contribution in [0.1, 0.15) is 37.8 Å². The Bertz CT molecular complexity index is 917. The van der Waals surface area contributed by atoms with Gasteiger partial charge >= 0.3 is 0 Å². The van der Waals surface area contributed by atoms with E-state index in [-0.39, 0.29) is 11.9 Å². The molecule has 0 aliphatic rings. The van der Waals surface area contributed by atoms with E-state index in [2.05, 4.69) is 10.3 Å². The molecule has 1 heterocycles. The van der Waals surface area contributed by atoms with Crippen molar-refractivity contribution in [1.29, 1.82) is 0 Å². The van der Waals surface area contributed by atoms with Gasteiger partial charge in [-0.15, -0.1) is 0 Å². The molecule has 0 aliphatic carbocycles. The number of aryl methyl sites for hydroxylation is 1. The lowest BCUT2D eigenvalue weighted by molar-refractivity contribution is -0.121. The van der Waals surface area contributed by atoms with Gasteiger partial charge in [-0.2, -0.15) is 0 Å². The minimum absolute atomic E-state index is 0.0458. The second-order valence-corrected chi connectivity index (χ2v) is 6.64. The van der Waals surface area contributed by atoms with E-state index in [9.17, 15) is 4.79 Å². The maximum atomic E-state index is 12.3. The predicted molar refractivity (Wildman–Crippen MR) is 111 cm³/mol. The van der Waals surface area contributed by atoms with Gasteiger partial charge in [0.1, 0.15) is 11.5 Å². The Balaban J connectivity index is 1.50. The van der Waals surface area contributed by atoms with Gasteiger partial charge in [-0.3, -0.25) is 4.79 Å². The molecule has 0 spiro atoms. The summed E-state index contributed by atoms with van der Waals surface area (Å²) in [5.41, 5.74) is 1.94. The lowest BCUT2D eigenvalue weighted by atomic mass is 10.1. The van der Waals surface area contributed by atoms with Crippen LogP contribution in [0.2, 0.25) is 0 Å². The molecule has 2 aromatic carbocycles. The number of nitrogens with zero attached hydrogens (tertiary/aromatic N) is 1. The van der Waals surface area contributed by atoms with Gasteiger partial charge in [0.05, 0.1) is 26.0 Å². The molecule has 3 rings (SSSR count). The van der Waals surface area contributed by atoms with Crippen molar-refractivity contribution in [3.63, 3.8) is 0 Å². The molecule has 0 saturated heterocycles. The van der Waals surface area contributed by atoms with Crippen LogP contribution in [-0.2, 0) is 11.2 Å². The number of rotatable bonds is 9. The molecule has 29 heavy (non-hydrogen) atoms. The zero-order chi connectivity index (χ0) is 20.6. The number of aromatic nitrogens is 1. The van der Waals surface area contributed by atoms with E-state index in [0.29, 0.717) is 31.1 Å². The van der Waals surface area contributed by atoms with Gasteiger partial charge in [-0.25, -0.2) is 4.98 Å². The summed E-state index contributed by atoms with van der Waals surface area (Å²) in [6.07, 6.45) is 2.43. The lowest BCUT2D eigenvalue weighted by Gasteiger charge is -2.14. The number of hydrogen-bond donors (Lipinski definition) is 1. The first-order chi connectivity index (χ1) is 14.1. The number of amides is 1. The fourth-order valence-corrected chi connectivity index (χ4v) is 2.95. The van der Waals surface area contributed by atoms with E-state index >= 15 is 0 Å². The Morgan fingerprint density at radius 3 is 2.45 bits per heavy atom. The molecular formula is C23H26N2O4. The van der Waals surface area contributed by atoms with E-state index < -0.39 is 0 Å². The van der Waals surface area contributed by atoms with E-state index in [0.717, 1.165) is 22.6 Å². The van der Waals surface area contributed by atoms with Crippen LogP contribution in [0, 0.1) is 0 Å². The molecule has 1 N–H and O–H groups in total. The Morgan fingerprint density at radius 1 is 1.10 bits per heavy atom. The lowest BCUT2D eigenvalue weighted by Crippen LogP contribution is -2.26. The summed E-state index contributed by atoms with van der Waals surface area (Å²) in [5.74, 6) is 2.78. The summed E-state index contributed by atoms with van der Waals surface area (Å²) in [4.78, 5) is 16.6. The fraction of sp³-hybridized carbons (Fsp3) is 0.304. The summed E-state index contributed by atoms with van der Waals surface area (Å²) in [5, 5.41) is 3.01. The topological polar surface area (TPSA) is 73.6 Å². The average molecular weight is 394 g/mol. The Hall–Kier alpha value is -3.28. The quantitative estimate of drug-likeness (QED) is 0.576. The minimum atomic E-state index is -0.0856. The SMILES string of the molecule is CCOc1ccc(C(C)NC(=O)CCc2ncc(-c3ccc(OC)cc3)o2)cc1. The highest BCUT2D eigenvalue weighted by Crippen LogP contribution is 2.23. The van der Waals surface area contributed by atoms with Crippen molar-refractivity contribution in [2.24, 2.45) is 0 Å². The van der Waals surface area contributed by atoms with Crippen LogP contribution in [0.5, 0.6) is 11.5 Å². The van der Waals surface area contributed by atoms with Crippen molar-refractivity contribution in [3.8, 4) is 22.8 Å². The van der Waals surface area contributed by atoms with E-state index in [1.54, 1.807) is 13.3 Å². The van der Waals surface area contributed by atoms with Gasteiger partial charge in [-0.05, 0) is 55.8 Å². The Kier molecular flexibility index (Phi) is 6.89. The normalized spacial score (nSPS) is 11.7. The number of ether oxygens (including phenoxy) is 2. The number of hydrogen-bond acceptors (Lipinski definition) is 5. The van der Waals surface area contributed by atoms with Gasteiger partial charge in [0.2, 0.25) is 5.91 Å². The van der Waals surface area contributed by atoms with Crippen molar-refractivity contribution < 1.29 is 18.7 Å². The molecule has 1 atom stereocenters. The van der Waals surface area contributed by atoms with Gasteiger partial charge < -0.3 is 19.2 Å².